The number of benzene rings is 5. The molecule has 1 heterocycles. The minimum atomic E-state index is -0.572. The number of nitrogens with one attached hydrogen (secondary N) is 1. The van der Waals surface area contributed by atoms with Gasteiger partial charge in [-0.25, -0.2) is 9.59 Å². The van der Waals surface area contributed by atoms with Gasteiger partial charge < -0.3 is 14.3 Å². The fraction of sp³-hybridized carbons (Fsp3) is 0.0909. The molecule has 0 bridgehead atoms. The van der Waals surface area contributed by atoms with Gasteiger partial charge >= 0.3 is 11.7 Å². The average Bonchev–Trinajstić information content (AvgIpc) is 2.95. The standard InChI is InChI=1S/C22H17NO4.C11H10O/c1-14-10-21(24)27-20-12-18(8-9-19(14)20)23-22(25)26-13-15-6-7-16-4-2-3-5-17(16)11-15;12-8-9-5-6-10-3-1-2-4-11(10)7-9/h2-12H,13H2,1H3,(H,23,25);1-7,12H,8H2. The fourth-order valence-electron chi connectivity index (χ4n) is 4.37. The number of fused-ring (bicyclic) bond motifs is 3. The number of ether oxygens (including phenoxy) is 1. The molecule has 0 saturated carbocycles. The van der Waals surface area contributed by atoms with Crippen molar-refractivity contribution in [1.29, 1.82) is 0 Å². The third-order valence-corrected chi connectivity index (χ3v) is 6.38. The Kier molecular flexibility index (Phi) is 7.66. The number of hydrogen-bond donors (Lipinski definition) is 2. The summed E-state index contributed by atoms with van der Waals surface area (Å²) < 4.78 is 10.5. The first kappa shape index (κ1) is 25.7. The molecule has 194 valence electrons. The Bertz CT molecular complexity index is 1840. The molecule has 0 aliphatic rings. The van der Waals surface area contributed by atoms with Gasteiger partial charge in [-0.3, -0.25) is 5.32 Å². The molecule has 39 heavy (non-hydrogen) atoms. The van der Waals surface area contributed by atoms with E-state index in [4.69, 9.17) is 14.3 Å². The van der Waals surface area contributed by atoms with Crippen LogP contribution in [-0.4, -0.2) is 11.2 Å². The van der Waals surface area contributed by atoms with Crippen LogP contribution in [0.3, 0.4) is 0 Å². The molecule has 6 nitrogen and oxygen atoms in total. The molecule has 0 aliphatic heterocycles. The highest BCUT2D eigenvalue weighted by molar-refractivity contribution is 5.90. The molecule has 5 aromatic carbocycles. The second kappa shape index (κ2) is 11.6. The van der Waals surface area contributed by atoms with Crippen molar-refractivity contribution in [2.24, 2.45) is 0 Å². The van der Waals surface area contributed by atoms with E-state index in [0.717, 1.165) is 32.8 Å². The first-order chi connectivity index (χ1) is 19.0. The SMILES string of the molecule is Cc1cc(=O)oc2cc(NC(=O)OCc3ccc4ccccc4c3)ccc12.OCc1ccc2ccccc2c1. The van der Waals surface area contributed by atoms with E-state index in [0.29, 0.717) is 11.3 Å². The maximum atomic E-state index is 12.1. The molecule has 2 N–H and O–H groups in total. The number of aliphatic hydroxyl groups is 1. The lowest BCUT2D eigenvalue weighted by molar-refractivity contribution is 0.155. The van der Waals surface area contributed by atoms with E-state index in [9.17, 15) is 9.59 Å². The number of hydrogen-bond acceptors (Lipinski definition) is 5. The lowest BCUT2D eigenvalue weighted by Crippen LogP contribution is -2.13. The maximum absolute atomic E-state index is 12.1. The predicted molar refractivity (Wildman–Crippen MR) is 155 cm³/mol. The van der Waals surface area contributed by atoms with Crippen LogP contribution in [0.15, 0.2) is 118 Å². The van der Waals surface area contributed by atoms with Crippen molar-refractivity contribution < 1.29 is 19.1 Å². The van der Waals surface area contributed by atoms with Crippen molar-refractivity contribution in [2.45, 2.75) is 20.1 Å². The zero-order valence-electron chi connectivity index (χ0n) is 21.4. The Morgan fingerprint density at radius 1 is 0.769 bits per heavy atom. The van der Waals surface area contributed by atoms with Gasteiger partial charge in [0.15, 0.2) is 0 Å². The number of anilines is 1. The summed E-state index contributed by atoms with van der Waals surface area (Å²) in [7, 11) is 0. The molecule has 6 rings (SSSR count). The van der Waals surface area contributed by atoms with Gasteiger partial charge in [0, 0.05) is 23.2 Å². The summed E-state index contributed by atoms with van der Waals surface area (Å²) in [6.45, 7) is 2.12. The first-order valence-electron chi connectivity index (χ1n) is 12.5. The molecule has 0 radical (unpaired) electrons. The molecule has 0 aliphatic carbocycles. The third-order valence-electron chi connectivity index (χ3n) is 6.38. The van der Waals surface area contributed by atoms with Gasteiger partial charge in [-0.05, 0) is 69.4 Å². The van der Waals surface area contributed by atoms with Crippen molar-refractivity contribution in [2.75, 3.05) is 5.32 Å². The maximum Gasteiger partial charge on any atom is 0.411 e. The zero-order valence-corrected chi connectivity index (χ0v) is 21.4. The van der Waals surface area contributed by atoms with E-state index in [1.807, 2.05) is 79.7 Å². The summed E-state index contributed by atoms with van der Waals surface area (Å²) >= 11 is 0. The van der Waals surface area contributed by atoms with E-state index in [1.54, 1.807) is 18.2 Å². The molecule has 0 unspecified atom stereocenters. The van der Waals surface area contributed by atoms with Crippen LogP contribution in [0.1, 0.15) is 16.7 Å². The van der Waals surface area contributed by atoms with Gasteiger partial charge in [0.05, 0.1) is 6.61 Å². The normalized spacial score (nSPS) is 10.7. The van der Waals surface area contributed by atoms with Crippen LogP contribution >= 0.6 is 0 Å². The molecule has 0 fully saturated rings. The van der Waals surface area contributed by atoms with Crippen LogP contribution in [0.2, 0.25) is 0 Å². The Balaban J connectivity index is 0.000000214. The average molecular weight is 518 g/mol. The highest BCUT2D eigenvalue weighted by atomic mass is 16.5. The smallest absolute Gasteiger partial charge is 0.411 e. The molecular formula is C33H27NO5. The highest BCUT2D eigenvalue weighted by Gasteiger charge is 2.08. The van der Waals surface area contributed by atoms with Crippen LogP contribution in [0.4, 0.5) is 10.5 Å². The number of aliphatic hydroxyl groups excluding tert-OH is 1. The fourth-order valence-corrected chi connectivity index (χ4v) is 4.37. The largest absolute Gasteiger partial charge is 0.444 e. The van der Waals surface area contributed by atoms with E-state index >= 15 is 0 Å². The van der Waals surface area contributed by atoms with Crippen LogP contribution in [0.5, 0.6) is 0 Å². The first-order valence-corrected chi connectivity index (χ1v) is 12.5. The van der Waals surface area contributed by atoms with Crippen LogP contribution in [0.25, 0.3) is 32.5 Å². The summed E-state index contributed by atoms with van der Waals surface area (Å²) in [4.78, 5) is 23.6. The quantitative estimate of drug-likeness (QED) is 0.239. The second-order valence-corrected chi connectivity index (χ2v) is 9.18. The molecule has 1 amide bonds. The Morgan fingerprint density at radius 2 is 1.38 bits per heavy atom. The predicted octanol–water partition coefficient (Wildman–Crippen LogP) is 7.34. The molecule has 1 aromatic heterocycles. The van der Waals surface area contributed by atoms with Crippen molar-refractivity contribution in [3.8, 4) is 0 Å². The molecule has 0 saturated heterocycles. The summed E-state index contributed by atoms with van der Waals surface area (Å²) in [5, 5.41) is 17.0. The van der Waals surface area contributed by atoms with Gasteiger partial charge in [0.2, 0.25) is 0 Å². The minimum absolute atomic E-state index is 0.116. The van der Waals surface area contributed by atoms with Gasteiger partial charge in [0.25, 0.3) is 0 Å². The summed E-state index contributed by atoms with van der Waals surface area (Å²) in [6.07, 6.45) is -0.572. The number of aryl methyl sites for hydroxylation is 1. The van der Waals surface area contributed by atoms with Crippen LogP contribution < -0.4 is 10.9 Å². The van der Waals surface area contributed by atoms with Crippen molar-refractivity contribution in [3.63, 3.8) is 0 Å². The number of rotatable bonds is 4. The number of amides is 1. The van der Waals surface area contributed by atoms with Crippen molar-refractivity contribution in [3.05, 3.63) is 136 Å². The molecule has 6 heteroatoms. The molecule has 0 spiro atoms. The summed E-state index contributed by atoms with van der Waals surface area (Å²) in [5.41, 5.74) is 3.20. The van der Waals surface area contributed by atoms with Crippen LogP contribution in [-0.2, 0) is 18.0 Å². The van der Waals surface area contributed by atoms with Crippen LogP contribution in [0, 0.1) is 6.92 Å². The van der Waals surface area contributed by atoms with Gasteiger partial charge in [-0.1, -0.05) is 72.8 Å². The summed E-state index contributed by atoms with van der Waals surface area (Å²) in [5.74, 6) is 0. The van der Waals surface area contributed by atoms with E-state index in [-0.39, 0.29) is 13.2 Å². The summed E-state index contributed by atoms with van der Waals surface area (Å²) in [6, 6.07) is 34.6. The molecule has 0 atom stereocenters. The highest BCUT2D eigenvalue weighted by Crippen LogP contribution is 2.21. The lowest BCUT2D eigenvalue weighted by atomic mass is 10.1. The Labute approximate surface area is 225 Å². The zero-order chi connectivity index (χ0) is 27.2. The molecule has 6 aromatic rings. The third kappa shape index (κ3) is 6.32. The Morgan fingerprint density at radius 3 is 2.05 bits per heavy atom. The van der Waals surface area contributed by atoms with Crippen molar-refractivity contribution >= 4 is 44.3 Å². The van der Waals surface area contributed by atoms with Gasteiger partial charge in [0.1, 0.15) is 12.2 Å². The topological polar surface area (TPSA) is 88.8 Å². The second-order valence-electron chi connectivity index (χ2n) is 9.18. The monoisotopic (exact) mass is 517 g/mol. The van der Waals surface area contributed by atoms with Gasteiger partial charge in [-0.2, -0.15) is 0 Å². The lowest BCUT2D eigenvalue weighted by Gasteiger charge is -2.09. The molecular weight excluding hydrogens is 490 g/mol. The number of carbonyl (C=O) groups is 1. The van der Waals surface area contributed by atoms with E-state index in [2.05, 4.69) is 17.4 Å². The van der Waals surface area contributed by atoms with E-state index in [1.165, 1.54) is 16.8 Å². The van der Waals surface area contributed by atoms with Gasteiger partial charge in [-0.15, -0.1) is 0 Å². The van der Waals surface area contributed by atoms with Crippen molar-refractivity contribution in [1.82, 2.24) is 0 Å². The van der Waals surface area contributed by atoms with E-state index < -0.39 is 11.7 Å². The Hall–Kier alpha value is -4.94. The number of carbonyl (C=O) groups excluding carboxylic acids is 1. The minimum Gasteiger partial charge on any atom is -0.444 e.